The van der Waals surface area contributed by atoms with Crippen LogP contribution in [0.3, 0.4) is 0 Å². The summed E-state index contributed by atoms with van der Waals surface area (Å²) in [5, 5.41) is 7.27. The van der Waals surface area contributed by atoms with E-state index in [-0.39, 0.29) is 12.5 Å². The van der Waals surface area contributed by atoms with E-state index in [1.165, 1.54) is 18.4 Å². The molecular weight excluding hydrogens is 380 g/mol. The van der Waals surface area contributed by atoms with Crippen molar-refractivity contribution in [3.63, 3.8) is 0 Å². The summed E-state index contributed by atoms with van der Waals surface area (Å²) < 4.78 is 10.00. The van der Waals surface area contributed by atoms with Crippen LogP contribution in [0, 0.1) is 6.92 Å². The van der Waals surface area contributed by atoms with Crippen LogP contribution < -0.4 is 15.4 Å². The summed E-state index contributed by atoms with van der Waals surface area (Å²) >= 11 is 7.26. The molecule has 0 aliphatic rings. The van der Waals surface area contributed by atoms with Gasteiger partial charge in [0.25, 0.3) is 11.8 Å². The number of ether oxygens (including phenoxy) is 2. The number of hydrogen-bond acceptors (Lipinski definition) is 6. The molecule has 0 aliphatic heterocycles. The Morgan fingerprint density at radius 3 is 2.69 bits per heavy atom. The molecule has 0 atom stereocenters. The SMILES string of the molecule is COc1cc(Cl)c(C)cc1NC(=O)COC(=O)CNC(=O)c1cccs1. The van der Waals surface area contributed by atoms with E-state index in [0.717, 1.165) is 5.56 Å². The number of anilines is 1. The zero-order valence-corrected chi connectivity index (χ0v) is 15.7. The lowest BCUT2D eigenvalue weighted by Gasteiger charge is -2.12. The molecule has 2 amide bonds. The highest BCUT2D eigenvalue weighted by Crippen LogP contribution is 2.30. The Kier molecular flexibility index (Phi) is 6.99. The number of carbonyl (C=O) groups excluding carboxylic acids is 3. The lowest BCUT2D eigenvalue weighted by molar-refractivity contribution is -0.146. The van der Waals surface area contributed by atoms with E-state index in [2.05, 4.69) is 10.6 Å². The Morgan fingerprint density at radius 1 is 1.27 bits per heavy atom. The predicted octanol–water partition coefficient (Wildman–Crippen LogP) is 2.63. The highest BCUT2D eigenvalue weighted by Gasteiger charge is 2.13. The molecule has 1 heterocycles. The number of halogens is 1. The van der Waals surface area contributed by atoms with Gasteiger partial charge in [0.2, 0.25) is 0 Å². The molecular formula is C17H17ClN2O5S. The van der Waals surface area contributed by atoms with E-state index in [1.807, 2.05) is 0 Å². The number of nitrogens with one attached hydrogen (secondary N) is 2. The molecule has 0 saturated carbocycles. The highest BCUT2D eigenvalue weighted by atomic mass is 35.5. The quantitative estimate of drug-likeness (QED) is 0.702. The van der Waals surface area contributed by atoms with Gasteiger partial charge in [0.1, 0.15) is 12.3 Å². The van der Waals surface area contributed by atoms with Crippen LogP contribution in [-0.4, -0.2) is 38.0 Å². The van der Waals surface area contributed by atoms with Gasteiger partial charge in [-0.2, -0.15) is 0 Å². The Balaban J connectivity index is 1.80. The Labute approximate surface area is 159 Å². The predicted molar refractivity (Wildman–Crippen MR) is 99.0 cm³/mol. The first-order valence-corrected chi connectivity index (χ1v) is 8.77. The van der Waals surface area contributed by atoms with Crippen molar-refractivity contribution >= 4 is 46.4 Å². The van der Waals surface area contributed by atoms with E-state index in [4.69, 9.17) is 21.1 Å². The minimum absolute atomic E-state index is 0.326. The second-order valence-corrected chi connectivity index (χ2v) is 6.53. The molecule has 0 bridgehead atoms. The first-order chi connectivity index (χ1) is 12.4. The maximum atomic E-state index is 11.9. The van der Waals surface area contributed by atoms with Crippen LogP contribution in [0.1, 0.15) is 15.2 Å². The van der Waals surface area contributed by atoms with Crippen molar-refractivity contribution in [2.75, 3.05) is 25.6 Å². The fourth-order valence-corrected chi connectivity index (χ4v) is 2.75. The molecule has 2 rings (SSSR count). The summed E-state index contributed by atoms with van der Waals surface area (Å²) in [6.07, 6.45) is 0. The van der Waals surface area contributed by atoms with Gasteiger partial charge in [0.15, 0.2) is 6.61 Å². The summed E-state index contributed by atoms with van der Waals surface area (Å²) in [5.41, 5.74) is 1.18. The first-order valence-electron chi connectivity index (χ1n) is 7.52. The lowest BCUT2D eigenvalue weighted by Crippen LogP contribution is -2.31. The van der Waals surface area contributed by atoms with Gasteiger partial charge in [-0.1, -0.05) is 17.7 Å². The number of methoxy groups -OCH3 is 1. The fraction of sp³-hybridized carbons (Fsp3) is 0.235. The first kappa shape index (κ1) is 19.7. The molecule has 2 N–H and O–H groups in total. The third kappa shape index (κ3) is 5.47. The van der Waals surface area contributed by atoms with Gasteiger partial charge in [0, 0.05) is 11.1 Å². The molecule has 138 valence electrons. The smallest absolute Gasteiger partial charge is 0.325 e. The Hall–Kier alpha value is -2.58. The largest absolute Gasteiger partial charge is 0.495 e. The minimum Gasteiger partial charge on any atom is -0.495 e. The van der Waals surface area contributed by atoms with Crippen LogP contribution in [-0.2, 0) is 14.3 Å². The zero-order valence-electron chi connectivity index (χ0n) is 14.1. The summed E-state index contributed by atoms with van der Waals surface area (Å²) in [6.45, 7) is 0.972. The van der Waals surface area contributed by atoms with Crippen molar-refractivity contribution in [1.82, 2.24) is 5.32 Å². The fourth-order valence-electron chi connectivity index (χ4n) is 1.96. The maximum absolute atomic E-state index is 11.9. The average Bonchev–Trinajstić information content (AvgIpc) is 3.15. The molecule has 0 aliphatic carbocycles. The summed E-state index contributed by atoms with van der Waals surface area (Å²) in [5.74, 6) is -1.24. The van der Waals surface area contributed by atoms with E-state index >= 15 is 0 Å². The van der Waals surface area contributed by atoms with E-state index < -0.39 is 18.5 Å². The van der Waals surface area contributed by atoms with Crippen molar-refractivity contribution in [2.24, 2.45) is 0 Å². The Bertz CT molecular complexity index is 808. The number of thiophene rings is 1. The number of benzene rings is 1. The van der Waals surface area contributed by atoms with Crippen LogP contribution in [0.15, 0.2) is 29.6 Å². The van der Waals surface area contributed by atoms with Crippen molar-refractivity contribution in [1.29, 1.82) is 0 Å². The van der Waals surface area contributed by atoms with Gasteiger partial charge in [-0.3, -0.25) is 14.4 Å². The van der Waals surface area contributed by atoms with Crippen LogP contribution in [0.25, 0.3) is 0 Å². The molecule has 0 unspecified atom stereocenters. The number of aryl methyl sites for hydroxylation is 1. The maximum Gasteiger partial charge on any atom is 0.325 e. The molecule has 26 heavy (non-hydrogen) atoms. The van der Waals surface area contributed by atoms with E-state index in [9.17, 15) is 14.4 Å². The van der Waals surface area contributed by atoms with Crippen molar-refractivity contribution in [2.45, 2.75) is 6.92 Å². The third-order valence-electron chi connectivity index (χ3n) is 3.26. The van der Waals surface area contributed by atoms with Gasteiger partial charge >= 0.3 is 5.97 Å². The molecule has 2 aromatic rings. The standard InChI is InChI=1S/C17H17ClN2O5S/c1-10-6-12(13(24-2)7-11(10)18)20-15(21)9-25-16(22)8-19-17(23)14-4-3-5-26-14/h3-7H,8-9H2,1-2H3,(H,19,23)(H,20,21). The summed E-state index contributed by atoms with van der Waals surface area (Å²) in [4.78, 5) is 35.8. The number of hydrogen-bond donors (Lipinski definition) is 2. The average molecular weight is 397 g/mol. The van der Waals surface area contributed by atoms with Crippen molar-refractivity contribution in [3.05, 3.63) is 45.1 Å². The second-order valence-electron chi connectivity index (χ2n) is 5.17. The normalized spacial score (nSPS) is 10.1. The van der Waals surface area contributed by atoms with Gasteiger partial charge < -0.3 is 20.1 Å². The monoisotopic (exact) mass is 396 g/mol. The van der Waals surface area contributed by atoms with Crippen LogP contribution in [0.4, 0.5) is 5.69 Å². The van der Waals surface area contributed by atoms with Gasteiger partial charge in [-0.25, -0.2) is 0 Å². The Morgan fingerprint density at radius 2 is 2.04 bits per heavy atom. The molecule has 9 heteroatoms. The topological polar surface area (TPSA) is 93.7 Å². The molecule has 0 spiro atoms. The van der Waals surface area contributed by atoms with Gasteiger partial charge in [0.05, 0.1) is 17.7 Å². The molecule has 1 aromatic heterocycles. The number of carbonyl (C=O) groups is 3. The van der Waals surface area contributed by atoms with Crippen molar-refractivity contribution in [3.8, 4) is 5.75 Å². The van der Waals surface area contributed by atoms with Crippen LogP contribution >= 0.6 is 22.9 Å². The van der Waals surface area contributed by atoms with Crippen LogP contribution in [0.5, 0.6) is 5.75 Å². The highest BCUT2D eigenvalue weighted by molar-refractivity contribution is 7.12. The lowest BCUT2D eigenvalue weighted by atomic mass is 10.2. The number of esters is 1. The van der Waals surface area contributed by atoms with E-state index in [1.54, 1.807) is 36.6 Å². The molecule has 1 aromatic carbocycles. The third-order valence-corrected chi connectivity index (χ3v) is 4.53. The summed E-state index contributed by atoms with van der Waals surface area (Å²) in [6, 6.07) is 6.61. The molecule has 0 radical (unpaired) electrons. The molecule has 0 saturated heterocycles. The van der Waals surface area contributed by atoms with Crippen molar-refractivity contribution < 1.29 is 23.9 Å². The molecule has 7 nitrogen and oxygen atoms in total. The molecule has 0 fully saturated rings. The number of rotatable bonds is 7. The van der Waals surface area contributed by atoms with Gasteiger partial charge in [-0.15, -0.1) is 11.3 Å². The van der Waals surface area contributed by atoms with E-state index in [0.29, 0.717) is 21.3 Å². The second kappa shape index (κ2) is 9.21. The zero-order chi connectivity index (χ0) is 19.1. The van der Waals surface area contributed by atoms with Gasteiger partial charge in [-0.05, 0) is 30.0 Å². The van der Waals surface area contributed by atoms with Crippen LogP contribution in [0.2, 0.25) is 5.02 Å². The minimum atomic E-state index is -0.718. The number of amides is 2. The summed E-state index contributed by atoms with van der Waals surface area (Å²) in [7, 11) is 1.45.